The molecule has 0 aromatic carbocycles. The maximum absolute atomic E-state index is 11.9. The third kappa shape index (κ3) is 5.14. The third-order valence-electron chi connectivity index (χ3n) is 3.86. The molecule has 1 fully saturated rings. The molecule has 3 N–H and O–H groups in total. The van der Waals surface area contributed by atoms with E-state index in [2.05, 4.69) is 27.8 Å². The molecule has 23 heavy (non-hydrogen) atoms. The molecule has 1 saturated carbocycles. The van der Waals surface area contributed by atoms with E-state index in [-0.39, 0.29) is 24.7 Å². The monoisotopic (exact) mass is 341 g/mol. The van der Waals surface area contributed by atoms with Crippen LogP contribution in [0, 0.1) is 0 Å². The fourth-order valence-corrected chi connectivity index (χ4v) is 3.45. The summed E-state index contributed by atoms with van der Waals surface area (Å²) in [6.07, 6.45) is 3.40. The van der Waals surface area contributed by atoms with E-state index in [1.165, 1.54) is 11.3 Å². The lowest BCUT2D eigenvalue weighted by Gasteiger charge is -2.42. The Morgan fingerprint density at radius 3 is 2.70 bits per heavy atom. The van der Waals surface area contributed by atoms with Gasteiger partial charge in [-0.15, -0.1) is 10.2 Å². The maximum atomic E-state index is 11.9. The van der Waals surface area contributed by atoms with Crippen molar-refractivity contribution in [2.45, 2.75) is 51.6 Å². The van der Waals surface area contributed by atoms with Crippen molar-refractivity contribution in [2.24, 2.45) is 0 Å². The molecule has 0 saturated heterocycles. The van der Waals surface area contributed by atoms with E-state index in [1.54, 1.807) is 0 Å². The van der Waals surface area contributed by atoms with Gasteiger partial charge in [-0.2, -0.15) is 0 Å². The van der Waals surface area contributed by atoms with E-state index in [4.69, 9.17) is 5.11 Å². The summed E-state index contributed by atoms with van der Waals surface area (Å²) in [4.78, 5) is 24.6. The molecule has 0 aliphatic heterocycles. The number of urea groups is 1. The van der Waals surface area contributed by atoms with E-state index >= 15 is 0 Å². The van der Waals surface area contributed by atoms with Crippen LogP contribution in [0.25, 0.3) is 0 Å². The molecule has 1 aliphatic carbocycles. The number of amides is 2. The fraction of sp³-hybridized carbons (Fsp3) is 0.714. The molecule has 9 heteroatoms. The normalized spacial score (nSPS) is 20.1. The molecule has 1 heterocycles. The van der Waals surface area contributed by atoms with Crippen LogP contribution in [-0.2, 0) is 11.2 Å². The van der Waals surface area contributed by atoms with Crippen molar-refractivity contribution in [3.05, 3.63) is 5.01 Å². The number of nitrogens with one attached hydrogen (secondary N) is 2. The number of aliphatic carboxylic acids is 1. The molecule has 2 amide bonds. The molecular formula is C14H23N5O3S. The number of aryl methyl sites for hydroxylation is 1. The number of carboxylic acids is 1. The van der Waals surface area contributed by atoms with Crippen molar-refractivity contribution in [3.63, 3.8) is 0 Å². The zero-order chi connectivity index (χ0) is 16.8. The van der Waals surface area contributed by atoms with Crippen molar-refractivity contribution in [3.8, 4) is 0 Å². The van der Waals surface area contributed by atoms with Crippen molar-refractivity contribution in [1.82, 2.24) is 20.4 Å². The molecule has 0 bridgehead atoms. The van der Waals surface area contributed by atoms with Gasteiger partial charge in [0, 0.05) is 18.5 Å². The SMILES string of the molecule is CCCc1nnc(NC(=O)NC2CC(N(CC)CC(=O)O)C2)s1. The first-order chi connectivity index (χ1) is 11.0. The Bertz CT molecular complexity index is 544. The standard InChI is InChI=1S/C14H23N5O3S/c1-3-5-11-17-18-14(23-11)16-13(22)15-9-6-10(7-9)19(4-2)8-12(20)21/h9-10H,3-8H2,1-2H3,(H,20,21)(H2,15,16,18,22). The molecule has 8 nitrogen and oxygen atoms in total. The number of carbonyl (C=O) groups is 2. The summed E-state index contributed by atoms with van der Waals surface area (Å²) in [7, 11) is 0. The number of nitrogens with zero attached hydrogens (tertiary/aromatic N) is 3. The van der Waals surface area contributed by atoms with Crippen molar-refractivity contribution in [2.75, 3.05) is 18.4 Å². The Balaban J connectivity index is 1.72. The molecule has 0 unspecified atom stereocenters. The molecule has 0 spiro atoms. The van der Waals surface area contributed by atoms with Gasteiger partial charge in [0.2, 0.25) is 5.13 Å². The van der Waals surface area contributed by atoms with Crippen LogP contribution in [0.3, 0.4) is 0 Å². The average Bonchev–Trinajstić information content (AvgIpc) is 2.87. The first kappa shape index (κ1) is 17.6. The van der Waals surface area contributed by atoms with Gasteiger partial charge in [-0.25, -0.2) is 4.79 Å². The highest BCUT2D eigenvalue weighted by Gasteiger charge is 2.34. The Hall–Kier alpha value is -1.74. The first-order valence-corrected chi connectivity index (χ1v) is 8.69. The summed E-state index contributed by atoms with van der Waals surface area (Å²) in [6, 6.07) is 0.0129. The molecular weight excluding hydrogens is 318 g/mol. The van der Waals surface area contributed by atoms with E-state index in [0.29, 0.717) is 11.7 Å². The Labute approximate surface area is 139 Å². The highest BCUT2D eigenvalue weighted by Crippen LogP contribution is 2.25. The molecule has 0 radical (unpaired) electrons. The average molecular weight is 341 g/mol. The topological polar surface area (TPSA) is 107 Å². The summed E-state index contributed by atoms with van der Waals surface area (Å²) in [5, 5.41) is 23.8. The molecule has 2 rings (SSSR count). The number of carbonyl (C=O) groups excluding carboxylic acids is 1. The van der Waals surface area contributed by atoms with E-state index < -0.39 is 5.97 Å². The van der Waals surface area contributed by atoms with Gasteiger partial charge in [0.1, 0.15) is 5.01 Å². The minimum absolute atomic E-state index is 0.0467. The number of carboxylic acid groups (broad SMARTS) is 1. The smallest absolute Gasteiger partial charge is 0.321 e. The fourth-order valence-electron chi connectivity index (χ4n) is 2.61. The summed E-state index contributed by atoms with van der Waals surface area (Å²) >= 11 is 1.39. The summed E-state index contributed by atoms with van der Waals surface area (Å²) < 4.78 is 0. The van der Waals surface area contributed by atoms with Gasteiger partial charge in [-0.1, -0.05) is 25.2 Å². The molecule has 1 aromatic rings. The van der Waals surface area contributed by atoms with Crippen LogP contribution in [-0.4, -0.2) is 57.4 Å². The predicted octanol–water partition coefficient (Wildman–Crippen LogP) is 1.55. The van der Waals surface area contributed by atoms with Gasteiger partial charge < -0.3 is 10.4 Å². The Kier molecular flexibility index (Phi) is 6.28. The highest BCUT2D eigenvalue weighted by molar-refractivity contribution is 7.15. The quantitative estimate of drug-likeness (QED) is 0.662. The second-order valence-electron chi connectivity index (χ2n) is 5.63. The van der Waals surface area contributed by atoms with Crippen LogP contribution in [0.15, 0.2) is 0 Å². The number of anilines is 1. The van der Waals surface area contributed by atoms with E-state index in [0.717, 1.165) is 30.7 Å². The zero-order valence-corrected chi connectivity index (χ0v) is 14.2. The van der Waals surface area contributed by atoms with Crippen LogP contribution >= 0.6 is 11.3 Å². The van der Waals surface area contributed by atoms with Crippen LogP contribution in [0.2, 0.25) is 0 Å². The van der Waals surface area contributed by atoms with Gasteiger partial charge >= 0.3 is 12.0 Å². The lowest BCUT2D eigenvalue weighted by atomic mass is 9.85. The second kappa shape index (κ2) is 8.21. The number of hydrogen-bond donors (Lipinski definition) is 3. The minimum Gasteiger partial charge on any atom is -0.480 e. The highest BCUT2D eigenvalue weighted by atomic mass is 32.1. The van der Waals surface area contributed by atoms with E-state index in [1.807, 2.05) is 11.8 Å². The third-order valence-corrected chi connectivity index (χ3v) is 4.76. The second-order valence-corrected chi connectivity index (χ2v) is 6.69. The van der Waals surface area contributed by atoms with Gasteiger partial charge in [-0.3, -0.25) is 15.0 Å². The number of rotatable bonds is 8. The van der Waals surface area contributed by atoms with Gasteiger partial charge in [0.25, 0.3) is 0 Å². The first-order valence-electron chi connectivity index (χ1n) is 7.87. The maximum Gasteiger partial charge on any atom is 0.321 e. The van der Waals surface area contributed by atoms with Gasteiger partial charge in [-0.05, 0) is 25.8 Å². The van der Waals surface area contributed by atoms with Crippen molar-refractivity contribution in [1.29, 1.82) is 0 Å². The lowest BCUT2D eigenvalue weighted by Crippen LogP contribution is -2.55. The zero-order valence-electron chi connectivity index (χ0n) is 13.4. The van der Waals surface area contributed by atoms with Crippen LogP contribution in [0.5, 0.6) is 0 Å². The summed E-state index contributed by atoms with van der Waals surface area (Å²) in [5.74, 6) is -0.819. The summed E-state index contributed by atoms with van der Waals surface area (Å²) in [6.45, 7) is 4.75. The Morgan fingerprint density at radius 1 is 1.35 bits per heavy atom. The van der Waals surface area contributed by atoms with Crippen LogP contribution in [0.1, 0.15) is 38.1 Å². The minimum atomic E-state index is -0.819. The molecule has 128 valence electrons. The largest absolute Gasteiger partial charge is 0.480 e. The summed E-state index contributed by atoms with van der Waals surface area (Å²) in [5.41, 5.74) is 0. The number of likely N-dealkylation sites (N-methyl/N-ethyl adjacent to an activating group) is 1. The van der Waals surface area contributed by atoms with Gasteiger partial charge in [0.05, 0.1) is 6.54 Å². The Morgan fingerprint density at radius 2 is 2.09 bits per heavy atom. The lowest BCUT2D eigenvalue weighted by molar-refractivity contribution is -0.139. The van der Waals surface area contributed by atoms with Gasteiger partial charge in [0.15, 0.2) is 0 Å². The number of hydrogen-bond acceptors (Lipinski definition) is 6. The van der Waals surface area contributed by atoms with E-state index in [9.17, 15) is 9.59 Å². The van der Waals surface area contributed by atoms with Crippen molar-refractivity contribution >= 4 is 28.5 Å². The molecule has 1 aliphatic rings. The van der Waals surface area contributed by atoms with Crippen LogP contribution < -0.4 is 10.6 Å². The predicted molar refractivity (Wildman–Crippen MR) is 87.8 cm³/mol. The number of aromatic nitrogens is 2. The molecule has 0 atom stereocenters. The van der Waals surface area contributed by atoms with Crippen molar-refractivity contribution < 1.29 is 14.7 Å². The van der Waals surface area contributed by atoms with Crippen LogP contribution in [0.4, 0.5) is 9.93 Å². The molecule has 1 aromatic heterocycles.